The van der Waals surface area contributed by atoms with Crippen molar-refractivity contribution in [2.45, 2.75) is 52.5 Å². The number of carbonyl (C=O) groups is 2. The van der Waals surface area contributed by atoms with Gasteiger partial charge in [-0.3, -0.25) is 14.5 Å². The normalized spacial score (nSPS) is 30.5. The van der Waals surface area contributed by atoms with E-state index in [1.54, 1.807) is 11.3 Å². The zero-order valence-electron chi connectivity index (χ0n) is 12.0. The van der Waals surface area contributed by atoms with Gasteiger partial charge >= 0.3 is 0 Å². The van der Waals surface area contributed by atoms with E-state index in [4.69, 9.17) is 0 Å². The van der Waals surface area contributed by atoms with Crippen LogP contribution in [0.1, 0.15) is 49.7 Å². The Morgan fingerprint density at radius 1 is 1.40 bits per heavy atom. The first-order chi connectivity index (χ1) is 9.50. The fraction of sp³-hybridized carbons (Fsp3) is 0.667. The maximum Gasteiger partial charge on any atom is 0.236 e. The van der Waals surface area contributed by atoms with Gasteiger partial charge < -0.3 is 0 Å². The average Bonchev–Trinajstić information content (AvgIpc) is 2.92. The molecule has 2 amide bonds. The number of hydrogen-bond donors (Lipinski definition) is 0. The number of likely N-dealkylation sites (tertiary alicyclic amines) is 1. The minimum Gasteiger partial charge on any atom is -0.276 e. The predicted octanol–water partition coefficient (Wildman–Crippen LogP) is 2.91. The lowest BCUT2D eigenvalue weighted by Crippen LogP contribution is -2.37. The van der Waals surface area contributed by atoms with Gasteiger partial charge in [-0.1, -0.05) is 6.92 Å². The van der Waals surface area contributed by atoms with E-state index in [0.29, 0.717) is 18.9 Å². The summed E-state index contributed by atoms with van der Waals surface area (Å²) in [6, 6.07) is 0. The average molecular weight is 292 g/mol. The second-order valence-corrected chi connectivity index (χ2v) is 7.34. The van der Waals surface area contributed by atoms with Gasteiger partial charge in [0.25, 0.3) is 0 Å². The molecule has 1 aliphatic heterocycles. The first-order valence-corrected chi connectivity index (χ1v) is 8.14. The summed E-state index contributed by atoms with van der Waals surface area (Å²) >= 11 is 1.56. The lowest BCUT2D eigenvalue weighted by Gasteiger charge is -2.33. The maximum atomic E-state index is 12.7. The molecular weight excluding hydrogens is 272 g/mol. The van der Waals surface area contributed by atoms with E-state index in [-0.39, 0.29) is 11.8 Å². The van der Waals surface area contributed by atoms with Gasteiger partial charge in [-0.05, 0) is 38.5 Å². The van der Waals surface area contributed by atoms with Crippen LogP contribution >= 0.6 is 11.3 Å². The number of carbonyl (C=O) groups excluding carboxylic acids is 2. The van der Waals surface area contributed by atoms with Gasteiger partial charge in [-0.2, -0.15) is 0 Å². The fourth-order valence-corrected chi connectivity index (χ4v) is 3.97. The number of nitrogens with zero attached hydrogens (tertiary/aromatic N) is 2. The van der Waals surface area contributed by atoms with Crippen molar-refractivity contribution in [3.8, 4) is 0 Å². The van der Waals surface area contributed by atoms with Gasteiger partial charge in [0.15, 0.2) is 0 Å². The van der Waals surface area contributed by atoms with E-state index in [1.165, 1.54) is 4.90 Å². The molecule has 108 valence electrons. The summed E-state index contributed by atoms with van der Waals surface area (Å²) in [6.45, 7) is 4.51. The minimum absolute atomic E-state index is 0.0183. The summed E-state index contributed by atoms with van der Waals surface area (Å²) in [5, 5.41) is 2.91. The van der Waals surface area contributed by atoms with Crippen molar-refractivity contribution in [2.24, 2.45) is 11.3 Å². The summed E-state index contributed by atoms with van der Waals surface area (Å²) in [6.07, 6.45) is 4.25. The van der Waals surface area contributed by atoms with Gasteiger partial charge in [0, 0.05) is 11.8 Å². The molecule has 4 nitrogen and oxygen atoms in total. The molecule has 5 heteroatoms. The minimum atomic E-state index is -0.394. The molecule has 0 N–H and O–H groups in total. The summed E-state index contributed by atoms with van der Waals surface area (Å²) in [5.74, 6) is 0.703. The molecule has 2 aliphatic rings. The molecule has 1 saturated carbocycles. The maximum absolute atomic E-state index is 12.7. The zero-order chi connectivity index (χ0) is 14.3. The SMILES string of the molecule is Cc1nc(CN2C(=O)CC3(CCC(C)CC3)C2=O)cs1. The molecule has 1 aromatic rings. The molecule has 0 bridgehead atoms. The van der Waals surface area contributed by atoms with Crippen molar-refractivity contribution in [3.05, 3.63) is 16.1 Å². The topological polar surface area (TPSA) is 50.3 Å². The van der Waals surface area contributed by atoms with Gasteiger partial charge in [0.1, 0.15) is 0 Å². The molecule has 1 aliphatic carbocycles. The van der Waals surface area contributed by atoms with Crippen LogP contribution in [0.2, 0.25) is 0 Å². The number of thiazole rings is 1. The number of aromatic nitrogens is 1. The van der Waals surface area contributed by atoms with Crippen molar-refractivity contribution >= 4 is 23.2 Å². The summed E-state index contributed by atoms with van der Waals surface area (Å²) in [4.78, 5) is 30.7. The standard InChI is InChI=1S/C15H20N2O2S/c1-10-3-5-15(6-4-10)7-13(18)17(14(15)19)8-12-9-20-11(2)16-12/h9-10H,3-8H2,1-2H3. The van der Waals surface area contributed by atoms with E-state index < -0.39 is 5.41 Å². The highest BCUT2D eigenvalue weighted by Gasteiger charge is 2.52. The molecule has 20 heavy (non-hydrogen) atoms. The molecule has 0 unspecified atom stereocenters. The van der Waals surface area contributed by atoms with Gasteiger partial charge in [0.05, 0.1) is 22.7 Å². The lowest BCUT2D eigenvalue weighted by atomic mass is 9.70. The Bertz CT molecular complexity index is 544. The number of rotatable bonds is 2. The number of imide groups is 1. The first-order valence-electron chi connectivity index (χ1n) is 7.26. The monoisotopic (exact) mass is 292 g/mol. The Hall–Kier alpha value is -1.23. The van der Waals surface area contributed by atoms with Crippen LogP contribution < -0.4 is 0 Å². The van der Waals surface area contributed by atoms with Crippen LogP contribution in [0, 0.1) is 18.3 Å². The van der Waals surface area contributed by atoms with E-state index in [0.717, 1.165) is 36.4 Å². The molecular formula is C15H20N2O2S. The van der Waals surface area contributed by atoms with Crippen molar-refractivity contribution in [2.75, 3.05) is 0 Å². The third-order valence-electron chi connectivity index (χ3n) is 4.71. The molecule has 0 aromatic carbocycles. The van der Waals surface area contributed by atoms with E-state index in [1.807, 2.05) is 12.3 Å². The number of hydrogen-bond acceptors (Lipinski definition) is 4. The molecule has 1 saturated heterocycles. The quantitative estimate of drug-likeness (QED) is 0.788. The second-order valence-electron chi connectivity index (χ2n) is 6.28. The van der Waals surface area contributed by atoms with Gasteiger partial charge in [-0.25, -0.2) is 4.98 Å². The largest absolute Gasteiger partial charge is 0.276 e. The summed E-state index contributed by atoms with van der Waals surface area (Å²) in [7, 11) is 0. The molecule has 0 atom stereocenters. The molecule has 2 fully saturated rings. The molecule has 1 aromatic heterocycles. The Morgan fingerprint density at radius 3 is 2.70 bits per heavy atom. The highest BCUT2D eigenvalue weighted by Crippen LogP contribution is 2.47. The van der Waals surface area contributed by atoms with Crippen molar-refractivity contribution in [1.29, 1.82) is 0 Å². The van der Waals surface area contributed by atoms with Crippen LogP contribution in [-0.4, -0.2) is 21.7 Å². The predicted molar refractivity (Wildman–Crippen MR) is 77.1 cm³/mol. The lowest BCUT2D eigenvalue weighted by molar-refractivity contribution is -0.143. The Labute approximate surface area is 123 Å². The zero-order valence-corrected chi connectivity index (χ0v) is 12.8. The highest BCUT2D eigenvalue weighted by atomic mass is 32.1. The van der Waals surface area contributed by atoms with Crippen LogP contribution in [-0.2, 0) is 16.1 Å². The highest BCUT2D eigenvalue weighted by molar-refractivity contribution is 7.09. The molecule has 1 spiro atoms. The van der Waals surface area contributed by atoms with E-state index >= 15 is 0 Å². The fourth-order valence-electron chi connectivity index (χ4n) is 3.37. The first kappa shape index (κ1) is 13.7. The molecule has 3 rings (SSSR count). The van der Waals surface area contributed by atoms with Gasteiger partial charge in [-0.15, -0.1) is 11.3 Å². The van der Waals surface area contributed by atoms with Crippen molar-refractivity contribution < 1.29 is 9.59 Å². The van der Waals surface area contributed by atoms with E-state index in [9.17, 15) is 9.59 Å². The van der Waals surface area contributed by atoms with E-state index in [2.05, 4.69) is 11.9 Å². The molecule has 0 radical (unpaired) electrons. The molecule has 2 heterocycles. The van der Waals surface area contributed by atoms with Crippen LogP contribution in [0.5, 0.6) is 0 Å². The second kappa shape index (κ2) is 4.95. The summed E-state index contributed by atoms with van der Waals surface area (Å²) < 4.78 is 0. The van der Waals surface area contributed by atoms with Crippen LogP contribution in [0.4, 0.5) is 0 Å². The van der Waals surface area contributed by atoms with Crippen LogP contribution in [0.25, 0.3) is 0 Å². The van der Waals surface area contributed by atoms with Crippen molar-refractivity contribution in [1.82, 2.24) is 9.88 Å². The Kier molecular flexibility index (Phi) is 3.40. The van der Waals surface area contributed by atoms with Crippen LogP contribution in [0.3, 0.4) is 0 Å². The number of aryl methyl sites for hydroxylation is 1. The van der Waals surface area contributed by atoms with Gasteiger partial charge in [0.2, 0.25) is 11.8 Å². The van der Waals surface area contributed by atoms with Crippen molar-refractivity contribution in [3.63, 3.8) is 0 Å². The Morgan fingerprint density at radius 2 is 2.10 bits per heavy atom. The third kappa shape index (κ3) is 2.28. The Balaban J connectivity index is 1.77. The summed E-state index contributed by atoms with van der Waals surface area (Å²) in [5.41, 5.74) is 0.435. The third-order valence-corrected chi connectivity index (χ3v) is 5.53. The smallest absolute Gasteiger partial charge is 0.236 e. The van der Waals surface area contributed by atoms with Crippen LogP contribution in [0.15, 0.2) is 5.38 Å². The number of amides is 2.